The molecule has 0 aliphatic rings. The molecule has 0 saturated carbocycles. The fourth-order valence-electron chi connectivity index (χ4n) is 3.47. The van der Waals surface area contributed by atoms with Gasteiger partial charge in [-0.2, -0.15) is 0 Å². The summed E-state index contributed by atoms with van der Waals surface area (Å²) in [7, 11) is 4.64. The number of ether oxygens (including phenoxy) is 1. The van der Waals surface area contributed by atoms with Crippen molar-refractivity contribution >= 4 is 28.4 Å². The van der Waals surface area contributed by atoms with E-state index in [0.717, 1.165) is 29.1 Å². The Morgan fingerprint density at radius 3 is 2.36 bits per heavy atom. The number of nitrogen functional groups attached to an aromatic ring is 1. The van der Waals surface area contributed by atoms with Crippen molar-refractivity contribution in [3.05, 3.63) is 71.5 Å². The summed E-state index contributed by atoms with van der Waals surface area (Å²) in [6.07, 6.45) is 1.51. The van der Waals surface area contributed by atoms with Gasteiger partial charge in [0.25, 0.3) is 0 Å². The molecule has 3 aromatic rings. The van der Waals surface area contributed by atoms with Crippen molar-refractivity contribution < 1.29 is 18.7 Å². The van der Waals surface area contributed by atoms with Crippen LogP contribution < -0.4 is 11.1 Å². The highest BCUT2D eigenvalue weighted by Crippen LogP contribution is 2.22. The maximum absolute atomic E-state index is 12.8. The number of aromatic nitrogens is 2. The molecule has 36 heavy (non-hydrogen) atoms. The van der Waals surface area contributed by atoms with Gasteiger partial charge in [-0.15, -0.1) is 0 Å². The number of benzene rings is 2. The molecule has 0 aliphatic carbocycles. The number of nitrogens with one attached hydrogen (secondary N) is 3. The normalized spacial score (nSPS) is 12.5. The Balaban J connectivity index is 0. The Labute approximate surface area is 218 Å². The lowest BCUT2D eigenvalue weighted by atomic mass is 10.1. The Morgan fingerprint density at radius 2 is 1.78 bits per heavy atom. The Hall–Kier alpha value is -3.51. The molecule has 1 heterocycles. The second-order valence-electron chi connectivity index (χ2n) is 8.37. The van der Waals surface area contributed by atoms with Gasteiger partial charge in [-0.1, -0.05) is 24.3 Å². The molecule has 7 N–H and O–H groups in total. The molecule has 0 fully saturated rings. The van der Waals surface area contributed by atoms with Gasteiger partial charge in [0.15, 0.2) is 11.5 Å². The maximum atomic E-state index is 12.8. The Morgan fingerprint density at radius 1 is 1.14 bits per heavy atom. The average Bonchev–Trinajstić information content (AvgIpc) is 2.84. The number of hydrogen-bond acceptors (Lipinski definition) is 9. The van der Waals surface area contributed by atoms with Crippen LogP contribution >= 0.6 is 0 Å². The highest BCUT2D eigenvalue weighted by molar-refractivity contribution is 7.85. The van der Waals surface area contributed by atoms with Crippen molar-refractivity contribution in [1.82, 2.24) is 20.2 Å². The number of nitrogens with zero attached hydrogens (tertiary/aromatic N) is 3. The number of anilines is 1. The van der Waals surface area contributed by atoms with E-state index in [4.69, 9.17) is 21.3 Å². The number of nitrogens with two attached hydrogens (primary N) is 1. The summed E-state index contributed by atoms with van der Waals surface area (Å²) in [6, 6.07) is 14.6. The summed E-state index contributed by atoms with van der Waals surface area (Å²) in [5.74, 6) is -0.515. The van der Waals surface area contributed by atoms with E-state index < -0.39 is 10.8 Å². The van der Waals surface area contributed by atoms with Crippen LogP contribution in [0.1, 0.15) is 28.0 Å². The molecule has 198 valence electrons. The standard InChI is InChI=1S/C25H31N7O2S.H2O.3H2/c1-16(15-32(3)4)35(33)20-11-9-18(10-12-20)21-14-30-23(26)22(31-21)25(28)34-24(27)19-7-5-17(6-8-19)13-29-2;;;;/h5-12,14,16,27-29H,13,15H2,1-4H3,(H2,26,30);1H2;3*1H. The topological polar surface area (TPSA) is 173 Å². The van der Waals surface area contributed by atoms with Gasteiger partial charge in [0, 0.05) is 38.6 Å². The summed E-state index contributed by atoms with van der Waals surface area (Å²) >= 11 is 0. The van der Waals surface area contributed by atoms with E-state index in [-0.39, 0.29) is 38.3 Å². The number of hydrogen-bond donors (Lipinski definition) is 4. The van der Waals surface area contributed by atoms with Crippen LogP contribution in [0.15, 0.2) is 59.6 Å². The van der Waals surface area contributed by atoms with Crippen LogP contribution in [0.4, 0.5) is 5.82 Å². The third kappa shape index (κ3) is 7.25. The van der Waals surface area contributed by atoms with E-state index in [1.807, 2.05) is 69.4 Å². The van der Waals surface area contributed by atoms with Crippen LogP contribution in [0.25, 0.3) is 11.3 Å². The van der Waals surface area contributed by atoms with Gasteiger partial charge >= 0.3 is 0 Å². The zero-order chi connectivity index (χ0) is 25.5. The van der Waals surface area contributed by atoms with Crippen LogP contribution in [0, 0.1) is 10.8 Å². The summed E-state index contributed by atoms with van der Waals surface area (Å²) < 4.78 is 18.2. The fourth-order valence-corrected chi connectivity index (χ4v) is 4.77. The van der Waals surface area contributed by atoms with Crippen molar-refractivity contribution in [1.29, 1.82) is 10.8 Å². The smallest absolute Gasteiger partial charge is 0.243 e. The predicted molar refractivity (Wildman–Crippen MR) is 150 cm³/mol. The quantitative estimate of drug-likeness (QED) is 0.249. The molecule has 0 amide bonds. The van der Waals surface area contributed by atoms with Gasteiger partial charge < -0.3 is 26.2 Å². The van der Waals surface area contributed by atoms with E-state index in [1.54, 1.807) is 12.1 Å². The summed E-state index contributed by atoms with van der Waals surface area (Å²) in [5, 5.41) is 19.6. The summed E-state index contributed by atoms with van der Waals surface area (Å²) in [6.45, 7) is 3.40. The fraction of sp³-hybridized carbons (Fsp3) is 0.280. The van der Waals surface area contributed by atoms with Gasteiger partial charge in [0.1, 0.15) is 0 Å². The highest BCUT2D eigenvalue weighted by Gasteiger charge is 2.17. The third-order valence-corrected chi connectivity index (χ3v) is 6.80. The highest BCUT2D eigenvalue weighted by atomic mass is 32.2. The molecule has 2 atom stereocenters. The average molecular weight is 518 g/mol. The van der Waals surface area contributed by atoms with Crippen molar-refractivity contribution in [2.24, 2.45) is 0 Å². The minimum atomic E-state index is -1.14. The van der Waals surface area contributed by atoms with Gasteiger partial charge in [0.05, 0.1) is 22.7 Å². The molecule has 2 aromatic carbocycles. The van der Waals surface area contributed by atoms with Crippen molar-refractivity contribution in [3.8, 4) is 11.3 Å². The first kappa shape index (κ1) is 28.7. The van der Waals surface area contributed by atoms with Crippen LogP contribution in [0.2, 0.25) is 0 Å². The largest absolute Gasteiger partial charge is 0.419 e. The van der Waals surface area contributed by atoms with Gasteiger partial charge in [-0.05, 0) is 57.9 Å². The summed E-state index contributed by atoms with van der Waals surface area (Å²) in [5.41, 5.74) is 8.84. The molecule has 0 saturated heterocycles. The molecule has 3 rings (SSSR count). The zero-order valence-corrected chi connectivity index (χ0v) is 21.6. The molecule has 2 unspecified atom stereocenters. The lowest BCUT2D eigenvalue weighted by molar-refractivity contribution is 0.410. The molecule has 0 bridgehead atoms. The van der Waals surface area contributed by atoms with Crippen molar-refractivity contribution in [2.45, 2.75) is 23.6 Å². The molecular formula is C25H39N7O3S. The predicted octanol–water partition coefficient (Wildman–Crippen LogP) is 2.78. The molecule has 1 aromatic heterocycles. The van der Waals surface area contributed by atoms with E-state index in [9.17, 15) is 4.21 Å². The minimum absolute atomic E-state index is 0. The Kier molecular flexibility index (Phi) is 10.4. The lowest BCUT2D eigenvalue weighted by Crippen LogP contribution is -2.27. The molecule has 10 nitrogen and oxygen atoms in total. The minimum Gasteiger partial charge on any atom is -0.419 e. The van der Waals surface area contributed by atoms with Crippen LogP contribution in [-0.4, -0.2) is 69.3 Å². The van der Waals surface area contributed by atoms with E-state index in [0.29, 0.717) is 11.3 Å². The third-order valence-electron chi connectivity index (χ3n) is 5.19. The summed E-state index contributed by atoms with van der Waals surface area (Å²) in [4.78, 5) is 11.4. The van der Waals surface area contributed by atoms with E-state index in [2.05, 4.69) is 15.3 Å². The van der Waals surface area contributed by atoms with Crippen LogP contribution in [0.5, 0.6) is 0 Å². The Bertz CT molecular complexity index is 1230. The molecule has 0 spiro atoms. The van der Waals surface area contributed by atoms with E-state index in [1.165, 1.54) is 6.20 Å². The molecule has 0 aliphatic heterocycles. The van der Waals surface area contributed by atoms with Gasteiger partial charge in [0.2, 0.25) is 11.8 Å². The first-order chi connectivity index (χ1) is 16.7. The van der Waals surface area contributed by atoms with Crippen LogP contribution in [0.3, 0.4) is 0 Å². The number of rotatable bonds is 9. The van der Waals surface area contributed by atoms with E-state index >= 15 is 0 Å². The second kappa shape index (κ2) is 13.0. The van der Waals surface area contributed by atoms with Crippen LogP contribution in [-0.2, 0) is 22.1 Å². The monoisotopic (exact) mass is 517 g/mol. The second-order valence-corrected chi connectivity index (χ2v) is 10.2. The zero-order valence-electron chi connectivity index (χ0n) is 20.8. The first-order valence-corrected chi connectivity index (χ1v) is 12.3. The SMILES string of the molecule is CNCc1ccc(C(=N)OC(=N)c2nc(-c3ccc(S(=O)C(C)CN(C)C)cc3)cnc2N)cc1.O.[HH].[HH].[HH]. The molecular weight excluding hydrogens is 478 g/mol. The maximum Gasteiger partial charge on any atom is 0.243 e. The van der Waals surface area contributed by atoms with Crippen molar-refractivity contribution in [3.63, 3.8) is 0 Å². The van der Waals surface area contributed by atoms with Crippen molar-refractivity contribution in [2.75, 3.05) is 33.4 Å². The lowest BCUT2D eigenvalue weighted by Gasteiger charge is -2.16. The first-order valence-electron chi connectivity index (χ1n) is 11.1. The van der Waals surface area contributed by atoms with Gasteiger partial charge in [-0.3, -0.25) is 15.0 Å². The molecule has 0 radical (unpaired) electrons. The molecule has 11 heteroatoms. The van der Waals surface area contributed by atoms with Gasteiger partial charge in [-0.25, -0.2) is 9.97 Å².